The quantitative estimate of drug-likeness (QED) is 0.156. The Morgan fingerprint density at radius 3 is 1.77 bits per heavy atom. The molecular weight excluding hydrogens is 686 g/mol. The first kappa shape index (κ1) is 36.6. The molecule has 1 saturated heterocycles. The van der Waals surface area contributed by atoms with E-state index < -0.39 is 31.2 Å². The summed E-state index contributed by atoms with van der Waals surface area (Å²) in [5, 5.41) is 5.20. The van der Waals surface area contributed by atoms with E-state index in [1.165, 1.54) is 11.3 Å². The van der Waals surface area contributed by atoms with Crippen molar-refractivity contribution >= 4 is 64.8 Å². The summed E-state index contributed by atoms with van der Waals surface area (Å²) in [6.45, 7) is 34.4. The molecule has 1 aromatic rings. The Hall–Kier alpha value is 0.391. The van der Waals surface area contributed by atoms with Crippen molar-refractivity contribution in [2.24, 2.45) is 0 Å². The van der Waals surface area contributed by atoms with Crippen LogP contribution in [0.15, 0.2) is 17.5 Å². The third-order valence-electron chi connectivity index (χ3n) is 9.52. The number of rotatable bonds is 9. The molecule has 1 aliphatic rings. The van der Waals surface area contributed by atoms with E-state index in [9.17, 15) is 4.79 Å². The molecule has 0 spiro atoms. The molecule has 1 aromatic heterocycles. The summed E-state index contributed by atoms with van der Waals surface area (Å²) in [4.78, 5) is 13.9. The van der Waals surface area contributed by atoms with Gasteiger partial charge in [-0.15, -0.1) is 11.3 Å². The van der Waals surface area contributed by atoms with E-state index in [-0.39, 0.29) is 43.3 Å². The monoisotopic (exact) mass is 741 g/mol. The fourth-order valence-corrected chi connectivity index (χ4v) is 9.04. The van der Waals surface area contributed by atoms with Gasteiger partial charge in [0.1, 0.15) is 12.3 Å². The highest BCUT2D eigenvalue weighted by Gasteiger charge is 2.54. The van der Waals surface area contributed by atoms with Gasteiger partial charge < -0.3 is 23.3 Å². The maximum Gasteiger partial charge on any atom is 0.263 e. The standard InChI is InChI=1S/C29H56INO5SSi3/c1-27(2,3)38(10,11)33-19-20-23(35-39(12,13)28(4,5)6)24(36-40(14,15)29(7,8)9)22(30)26(34-20)31-25(32)21-17-16-18-37-21/h16-18,20,22-24,26H,19H2,1-15H3,(H,31,32)/t20-,22+,23-,24-,26+/m1/s1. The normalized spacial score (nSPS) is 25.6. The second-order valence-electron chi connectivity index (χ2n) is 15.7. The highest BCUT2D eigenvalue weighted by atomic mass is 127. The Morgan fingerprint density at radius 1 is 0.875 bits per heavy atom. The number of halogens is 1. The lowest BCUT2D eigenvalue weighted by molar-refractivity contribution is -0.167. The number of ether oxygens (including phenoxy) is 1. The average molecular weight is 742 g/mol. The van der Waals surface area contributed by atoms with Crippen LogP contribution in [0, 0.1) is 0 Å². The molecule has 5 atom stereocenters. The van der Waals surface area contributed by atoms with E-state index in [0.29, 0.717) is 11.5 Å². The van der Waals surface area contributed by atoms with Gasteiger partial charge in [0.25, 0.3) is 5.91 Å². The lowest BCUT2D eigenvalue weighted by Gasteiger charge is -2.52. The number of hydrogen-bond acceptors (Lipinski definition) is 6. The molecule has 1 fully saturated rings. The minimum atomic E-state index is -2.21. The van der Waals surface area contributed by atoms with Gasteiger partial charge in [-0.25, -0.2) is 0 Å². The summed E-state index contributed by atoms with van der Waals surface area (Å²) in [7, 11) is -6.49. The van der Waals surface area contributed by atoms with E-state index in [2.05, 4.69) is 130 Å². The lowest BCUT2D eigenvalue weighted by Crippen LogP contribution is -2.67. The van der Waals surface area contributed by atoms with E-state index in [1.54, 1.807) is 0 Å². The lowest BCUT2D eigenvalue weighted by atomic mass is 10.0. The van der Waals surface area contributed by atoms with Crippen LogP contribution in [0.1, 0.15) is 72.0 Å². The third-order valence-corrected chi connectivity index (χ3v) is 25.2. The second-order valence-corrected chi connectivity index (χ2v) is 32.5. The largest absolute Gasteiger partial charge is 0.414 e. The molecule has 6 nitrogen and oxygen atoms in total. The van der Waals surface area contributed by atoms with Crippen molar-refractivity contribution in [2.45, 2.75) is 145 Å². The molecule has 1 N–H and O–H groups in total. The molecule has 0 aromatic carbocycles. The fraction of sp³-hybridized carbons (Fsp3) is 0.828. The van der Waals surface area contributed by atoms with Crippen LogP contribution >= 0.6 is 33.9 Å². The molecular formula is C29H56INO5SSi3. The summed E-state index contributed by atoms with van der Waals surface area (Å²) in [5.74, 6) is -0.124. The molecule has 2 heterocycles. The van der Waals surface area contributed by atoms with Crippen LogP contribution < -0.4 is 5.32 Å². The molecule has 0 unspecified atom stereocenters. The number of thiophene rings is 1. The van der Waals surface area contributed by atoms with Crippen molar-refractivity contribution in [3.63, 3.8) is 0 Å². The van der Waals surface area contributed by atoms with Gasteiger partial charge in [-0.05, 0) is 65.8 Å². The summed E-state index contributed by atoms with van der Waals surface area (Å²) < 4.78 is 27.8. The summed E-state index contributed by atoms with van der Waals surface area (Å²) in [6, 6.07) is 3.74. The Morgan fingerprint density at radius 2 is 1.35 bits per heavy atom. The average Bonchev–Trinajstić information content (AvgIpc) is 3.29. The second kappa shape index (κ2) is 12.8. The summed E-state index contributed by atoms with van der Waals surface area (Å²) in [6.07, 6.45) is -1.47. The van der Waals surface area contributed by atoms with E-state index >= 15 is 0 Å². The zero-order valence-corrected chi connectivity index (χ0v) is 33.6. The highest BCUT2D eigenvalue weighted by Crippen LogP contribution is 2.45. The first-order valence-corrected chi connectivity index (χ1v) is 25.3. The van der Waals surface area contributed by atoms with Crippen molar-refractivity contribution in [1.29, 1.82) is 0 Å². The van der Waals surface area contributed by atoms with Gasteiger partial charge >= 0.3 is 0 Å². The predicted octanol–water partition coefficient (Wildman–Crippen LogP) is 8.81. The SMILES string of the molecule is CC(C)(C)[Si](C)(C)OC[C@H]1O[C@H](NC(=O)c2cccs2)[C@@H](I)[C@@H](O[Si](C)(C)C(C)(C)C)[C@@H]1O[Si](C)(C)C(C)(C)C. The van der Waals surface area contributed by atoms with E-state index in [0.717, 1.165) is 0 Å². The van der Waals surface area contributed by atoms with Gasteiger partial charge in [-0.1, -0.05) is 91.0 Å². The fourth-order valence-electron chi connectivity index (χ4n) is 3.58. The Labute approximate surface area is 265 Å². The Bertz CT molecular complexity index is 983. The highest BCUT2D eigenvalue weighted by molar-refractivity contribution is 14.1. The topological polar surface area (TPSA) is 66.0 Å². The zero-order valence-electron chi connectivity index (χ0n) is 27.7. The van der Waals surface area contributed by atoms with Crippen LogP contribution in [0.3, 0.4) is 0 Å². The Balaban J connectivity index is 2.57. The molecule has 1 amide bonds. The predicted molar refractivity (Wildman–Crippen MR) is 186 cm³/mol. The summed E-state index contributed by atoms with van der Waals surface area (Å²) in [5.41, 5.74) is 0. The number of carbonyl (C=O) groups excluding carboxylic acids is 1. The van der Waals surface area contributed by atoms with Crippen molar-refractivity contribution in [2.75, 3.05) is 6.61 Å². The van der Waals surface area contributed by atoms with Gasteiger partial charge in [0.2, 0.25) is 0 Å². The minimum Gasteiger partial charge on any atom is -0.414 e. The van der Waals surface area contributed by atoms with Crippen LogP contribution in [-0.4, -0.2) is 65.9 Å². The van der Waals surface area contributed by atoms with Gasteiger partial charge in [0.15, 0.2) is 25.0 Å². The molecule has 1 aliphatic heterocycles. The van der Waals surface area contributed by atoms with Crippen LogP contribution in [0.2, 0.25) is 54.4 Å². The summed E-state index contributed by atoms with van der Waals surface area (Å²) >= 11 is 3.85. The molecule has 0 bridgehead atoms. The van der Waals surface area contributed by atoms with Crippen molar-refractivity contribution in [3.8, 4) is 0 Å². The van der Waals surface area contributed by atoms with Gasteiger partial charge in [0, 0.05) is 0 Å². The van der Waals surface area contributed by atoms with Crippen LogP contribution in [0.5, 0.6) is 0 Å². The number of nitrogens with one attached hydrogen (secondary N) is 1. The molecule has 232 valence electrons. The van der Waals surface area contributed by atoms with E-state index in [1.807, 2.05) is 17.5 Å². The van der Waals surface area contributed by atoms with Gasteiger partial charge in [-0.2, -0.15) is 0 Å². The molecule has 0 saturated carbocycles. The maximum atomic E-state index is 13.2. The van der Waals surface area contributed by atoms with Crippen molar-refractivity contribution < 1.29 is 22.8 Å². The number of alkyl halides is 1. The van der Waals surface area contributed by atoms with E-state index in [4.69, 9.17) is 18.0 Å². The van der Waals surface area contributed by atoms with Crippen LogP contribution in [0.4, 0.5) is 0 Å². The van der Waals surface area contributed by atoms with Gasteiger partial charge in [-0.3, -0.25) is 4.79 Å². The molecule has 0 aliphatic carbocycles. The Kier molecular flexibility index (Phi) is 11.7. The number of carbonyl (C=O) groups is 1. The van der Waals surface area contributed by atoms with Crippen LogP contribution in [0.25, 0.3) is 0 Å². The van der Waals surface area contributed by atoms with Crippen LogP contribution in [-0.2, 0) is 18.0 Å². The van der Waals surface area contributed by atoms with Crippen molar-refractivity contribution in [1.82, 2.24) is 5.32 Å². The maximum absolute atomic E-state index is 13.2. The molecule has 2 rings (SSSR count). The minimum absolute atomic E-state index is 0.0182. The third kappa shape index (κ3) is 8.73. The molecule has 11 heteroatoms. The first-order chi connectivity index (χ1) is 17.8. The number of amides is 1. The first-order valence-electron chi connectivity index (χ1n) is 14.4. The number of hydrogen-bond donors (Lipinski definition) is 1. The zero-order chi connectivity index (χ0) is 31.1. The smallest absolute Gasteiger partial charge is 0.263 e. The molecule has 40 heavy (non-hydrogen) atoms. The van der Waals surface area contributed by atoms with Crippen molar-refractivity contribution in [3.05, 3.63) is 22.4 Å². The molecule has 0 radical (unpaired) electrons. The van der Waals surface area contributed by atoms with Gasteiger partial charge in [0.05, 0.1) is 27.6 Å².